The van der Waals surface area contributed by atoms with Gasteiger partial charge in [-0.15, -0.1) is 0 Å². The van der Waals surface area contributed by atoms with Gasteiger partial charge in [-0.05, 0) is 399 Å². The van der Waals surface area contributed by atoms with Crippen LogP contribution in [0.15, 0.2) is 0 Å². The summed E-state index contributed by atoms with van der Waals surface area (Å²) < 4.78 is 62.8. The summed E-state index contributed by atoms with van der Waals surface area (Å²) in [6.45, 7) is 46.0. The molecule has 18 fully saturated rings. The van der Waals surface area contributed by atoms with Crippen molar-refractivity contribution in [3.8, 4) is 0 Å². The Morgan fingerprint density at radius 2 is 0.669 bits per heavy atom. The molecule has 24 nitrogen and oxygen atoms in total. The molecule has 0 aliphatic carbocycles. The summed E-state index contributed by atoms with van der Waals surface area (Å²) in [5.41, 5.74) is 0.317. The second-order valence-corrected chi connectivity index (χ2v) is 45.1. The number of cyclic esters (lactones) is 1. The highest BCUT2D eigenvalue weighted by molar-refractivity contribution is 7.99. The topological polar surface area (TPSA) is 145 Å². The van der Waals surface area contributed by atoms with Crippen molar-refractivity contribution in [3.05, 3.63) is 0 Å². The zero-order valence-corrected chi connectivity index (χ0v) is 85.6. The van der Waals surface area contributed by atoms with Crippen LogP contribution in [-0.4, -0.2) is 482 Å². The number of alkyl halides is 4. The van der Waals surface area contributed by atoms with E-state index in [4.69, 9.17) is 9.47 Å². The van der Waals surface area contributed by atoms with Gasteiger partial charge >= 0.3 is 6.09 Å². The van der Waals surface area contributed by atoms with Crippen LogP contribution in [0, 0.1) is 17.3 Å². The van der Waals surface area contributed by atoms with Gasteiger partial charge in [0.25, 0.3) is 11.8 Å². The zero-order chi connectivity index (χ0) is 93.2. The predicted molar refractivity (Wildman–Crippen MR) is 525 cm³/mol. The molecule has 0 aromatic rings. The number of likely N-dealkylation sites (tertiary alicyclic amines) is 15. The van der Waals surface area contributed by atoms with Crippen LogP contribution in [0.2, 0.25) is 0 Å². The maximum Gasteiger partial charge on any atom is 0.410 e. The molecule has 0 aromatic heterocycles. The molecule has 4 amide bonds. The van der Waals surface area contributed by atoms with Crippen molar-refractivity contribution < 1.29 is 46.2 Å². The molecule has 18 heterocycles. The SMILES string of the molecule is CC(C)N1CCCC(C2CCN(C)CC2)C1=O.CN1CCC(N2CC(C)(C)CCC2=O)CC1.CN1CCC(N2CCC(F)(F)CC2)CC1.CN1CCC(N2CCCC(F)(F)C2)CC1.CN1CCC(N2CCCCC2)CC1.CN1CCC(N2CCCCC2=O)CC1.CN1CCC(N2CCCOC2=O)CC1.CN1CCC(N2CCOCC2)CC1.CN1CCC(N2CCSCC2)CC1. The highest BCUT2D eigenvalue weighted by Gasteiger charge is 2.43. The molecule has 0 saturated carbocycles. The van der Waals surface area contributed by atoms with Gasteiger partial charge in [-0.3, -0.25) is 34.0 Å². The van der Waals surface area contributed by atoms with Crippen LogP contribution in [0.5, 0.6) is 0 Å². The van der Waals surface area contributed by atoms with E-state index in [9.17, 15) is 36.7 Å². The smallest absolute Gasteiger partial charge is 0.410 e. The second kappa shape index (κ2) is 56.4. The lowest BCUT2D eigenvalue weighted by atomic mass is 9.79. The largest absolute Gasteiger partial charge is 0.449 e. The Morgan fingerprint density at radius 1 is 0.308 bits per heavy atom. The molecular formula is C101H190F4N18O6S. The average Bonchev–Trinajstić information content (AvgIpc) is 0.805. The van der Waals surface area contributed by atoms with Gasteiger partial charge in [0.05, 0.1) is 26.4 Å². The van der Waals surface area contributed by atoms with Crippen LogP contribution in [0.1, 0.15) is 240 Å². The molecule has 0 spiro atoms. The number of piperidine rings is 15. The van der Waals surface area contributed by atoms with Gasteiger partial charge in [0.2, 0.25) is 17.7 Å². The summed E-state index contributed by atoms with van der Waals surface area (Å²) in [6.07, 6.45) is 35.1. The van der Waals surface area contributed by atoms with E-state index in [2.05, 4.69) is 181 Å². The molecule has 130 heavy (non-hydrogen) atoms. The van der Waals surface area contributed by atoms with Gasteiger partial charge in [-0.25, -0.2) is 22.4 Å². The van der Waals surface area contributed by atoms with E-state index in [-0.39, 0.29) is 31.9 Å². The molecule has 1 atom stereocenters. The zero-order valence-electron chi connectivity index (χ0n) is 84.8. The Morgan fingerprint density at radius 3 is 1.09 bits per heavy atom. The molecule has 18 rings (SSSR count). The van der Waals surface area contributed by atoms with E-state index < -0.39 is 11.8 Å². The summed E-state index contributed by atoms with van der Waals surface area (Å²) in [5, 5.41) is 0. The standard InChI is InChI=1S/C14H26N2O.C13H24N2O.2C11H20F2N2.C11H20N2O.C11H22N2.C10H18N2O2.C10H20N2O.C10H20N2S/c1-11(2)16-8-4-5-13(14(16)17)12-6-9-15(3)10-7-12;1-13(2)7-4-12(16)15(10-13)11-5-8-14(3)9-6-11;1-14-6-2-10(3-7-14)15-8-4-11(12,13)5-9-15;1-14-7-3-10(4-8-14)15-6-2-5-11(12,13)9-15;1-12-8-5-10(6-9-12)13-7-3-2-4-11(13)14;1-12-9-5-11(6-10-12)13-7-3-2-4-8-13;1-11-6-3-9(4-7-11)12-5-2-8-14-10(12)13;2*1-11-4-2-10(3-5-11)12-6-8-13-9-7-12/h11-13H,4-10H2,1-3H3;11H,4-10H2,1-3H3;2*10H,2-9H2,1H3;10H,2-9H2,1H3;11H,2-10H2,1H3;9H,2-8H2,1H3;2*10H,2-9H2,1H3. The first-order valence-corrected chi connectivity index (χ1v) is 54.1. The fraction of sp³-hybridized carbons (Fsp3) is 0.960. The number of rotatable bonds is 10. The van der Waals surface area contributed by atoms with E-state index in [0.29, 0.717) is 97.3 Å². The lowest BCUT2D eigenvalue weighted by molar-refractivity contribution is -0.143. The molecule has 0 radical (unpaired) electrons. The number of carbonyl (C=O) groups is 4. The van der Waals surface area contributed by atoms with Crippen molar-refractivity contribution in [2.45, 2.75) is 306 Å². The molecule has 18 saturated heterocycles. The molecule has 18 aliphatic heterocycles. The number of hydrogen-bond donors (Lipinski definition) is 0. The number of ether oxygens (including phenoxy) is 2. The van der Waals surface area contributed by atoms with Crippen molar-refractivity contribution >= 4 is 35.6 Å². The van der Waals surface area contributed by atoms with Gasteiger partial charge in [0.15, 0.2) is 0 Å². The first-order valence-electron chi connectivity index (χ1n) is 52.9. The van der Waals surface area contributed by atoms with Crippen LogP contribution < -0.4 is 0 Å². The van der Waals surface area contributed by atoms with Gasteiger partial charge in [0.1, 0.15) is 0 Å². The summed E-state index contributed by atoms with van der Waals surface area (Å²) in [5.74, 6) is 0.0305. The Balaban J connectivity index is 0.000000152. The third-order valence-corrected chi connectivity index (χ3v) is 33.6. The maximum absolute atomic E-state index is 13.2. The Hall–Kier alpha value is -2.85. The lowest BCUT2D eigenvalue weighted by Crippen LogP contribution is -2.52. The second-order valence-electron chi connectivity index (χ2n) is 43.9. The first kappa shape index (κ1) is 109. The Kier molecular flexibility index (Phi) is 47.4. The molecule has 0 aromatic carbocycles. The molecule has 0 bridgehead atoms. The highest BCUT2D eigenvalue weighted by Crippen LogP contribution is 2.37. The summed E-state index contributed by atoms with van der Waals surface area (Å²) >= 11 is 2.11. The van der Waals surface area contributed by atoms with E-state index in [1.165, 1.54) is 173 Å². The molecule has 29 heteroatoms. The minimum atomic E-state index is -2.44. The van der Waals surface area contributed by atoms with Crippen LogP contribution in [-0.2, 0) is 23.9 Å². The van der Waals surface area contributed by atoms with Gasteiger partial charge in [-0.1, -0.05) is 20.3 Å². The summed E-state index contributed by atoms with van der Waals surface area (Å²) in [6, 6.07) is 5.43. The number of hydrogen-bond acceptors (Lipinski definition) is 21. The molecule has 0 N–H and O–H groups in total. The highest BCUT2D eigenvalue weighted by atomic mass is 32.2. The monoisotopic (exact) mass is 1860 g/mol. The number of morpholine rings is 1. The Bertz CT molecular complexity index is 2970. The molecule has 754 valence electrons. The summed E-state index contributed by atoms with van der Waals surface area (Å²) in [4.78, 5) is 89.6. The number of carbonyl (C=O) groups excluding carboxylic acids is 4. The first-order chi connectivity index (χ1) is 62.3. The van der Waals surface area contributed by atoms with Crippen LogP contribution in [0.25, 0.3) is 0 Å². The van der Waals surface area contributed by atoms with Crippen molar-refractivity contribution in [2.75, 3.05) is 304 Å². The minimum Gasteiger partial charge on any atom is -0.449 e. The molecule has 18 aliphatic rings. The van der Waals surface area contributed by atoms with E-state index in [1.807, 2.05) is 9.80 Å². The molecular weight excluding hydrogens is 1670 g/mol. The average molecular weight is 1860 g/mol. The van der Waals surface area contributed by atoms with Gasteiger partial charge in [-0.2, -0.15) is 11.8 Å². The van der Waals surface area contributed by atoms with E-state index in [1.54, 1.807) is 0 Å². The van der Waals surface area contributed by atoms with E-state index in [0.717, 1.165) is 246 Å². The van der Waals surface area contributed by atoms with Crippen molar-refractivity contribution in [1.29, 1.82) is 0 Å². The van der Waals surface area contributed by atoms with Gasteiger partial charge < -0.3 is 78.1 Å². The van der Waals surface area contributed by atoms with Crippen molar-refractivity contribution in [3.63, 3.8) is 0 Å². The van der Waals surface area contributed by atoms with Gasteiger partial charge in [0, 0.05) is 169 Å². The van der Waals surface area contributed by atoms with Crippen LogP contribution in [0.3, 0.4) is 0 Å². The Labute approximate surface area is 793 Å². The number of thioether (sulfide) groups is 1. The summed E-state index contributed by atoms with van der Waals surface area (Å²) in [7, 11) is 19.6. The fourth-order valence-electron chi connectivity index (χ4n) is 23.4. The maximum atomic E-state index is 13.2. The third kappa shape index (κ3) is 37.7. The number of amides is 4. The fourth-order valence-corrected chi connectivity index (χ4v) is 24.3. The van der Waals surface area contributed by atoms with Crippen LogP contribution >= 0.6 is 11.8 Å². The number of nitrogens with zero attached hydrogens (tertiary/aromatic N) is 18. The third-order valence-electron chi connectivity index (χ3n) is 32.6. The quantitative estimate of drug-likeness (QED) is 0.191. The van der Waals surface area contributed by atoms with E-state index >= 15 is 0 Å². The van der Waals surface area contributed by atoms with Crippen molar-refractivity contribution in [1.82, 2.24) is 88.2 Å². The van der Waals surface area contributed by atoms with Crippen molar-refractivity contribution in [2.24, 2.45) is 17.3 Å². The lowest BCUT2D eigenvalue weighted by Gasteiger charge is -2.44. The van der Waals surface area contributed by atoms with Crippen LogP contribution in [0.4, 0.5) is 22.4 Å². The molecule has 1 unspecified atom stereocenters. The normalized spacial score (nSPS) is 28.9. The number of halogens is 4. The predicted octanol–water partition coefficient (Wildman–Crippen LogP) is 12.5. The minimum absolute atomic E-state index is 0.0125.